The molecule has 0 radical (unpaired) electrons. The molecule has 0 unspecified atom stereocenters. The van der Waals surface area contributed by atoms with Crippen molar-refractivity contribution in [1.82, 2.24) is 4.90 Å². The topological polar surface area (TPSA) is 15.7 Å². The molecule has 0 N–H and O–H groups in total. The summed E-state index contributed by atoms with van der Waals surface area (Å²) in [4.78, 5) is 4.70. The number of piperazine rings is 1. The van der Waals surface area contributed by atoms with Gasteiger partial charge in [0.1, 0.15) is 5.75 Å². The molecule has 1 heterocycles. The molecule has 1 fully saturated rings. The fraction of sp³-hybridized carbons (Fsp3) is 0.500. The number of ether oxygens (including phenoxy) is 1. The SMILES string of the molecule is COc1cc(N2CCN(C)CC2)ccc1Cl. The van der Waals surface area contributed by atoms with E-state index >= 15 is 0 Å². The van der Waals surface area contributed by atoms with Gasteiger partial charge in [-0.1, -0.05) is 11.6 Å². The predicted octanol–water partition coefficient (Wildman–Crippen LogP) is 2.10. The minimum atomic E-state index is 0.667. The van der Waals surface area contributed by atoms with E-state index in [1.165, 1.54) is 5.69 Å². The Kier molecular flexibility index (Phi) is 3.56. The van der Waals surface area contributed by atoms with E-state index in [1.807, 2.05) is 12.1 Å². The van der Waals surface area contributed by atoms with Gasteiger partial charge in [-0.3, -0.25) is 0 Å². The zero-order valence-electron chi connectivity index (χ0n) is 9.74. The number of likely N-dealkylation sites (N-methyl/N-ethyl adjacent to an activating group) is 1. The molecule has 0 amide bonds. The third kappa shape index (κ3) is 2.42. The summed E-state index contributed by atoms with van der Waals surface area (Å²) in [6, 6.07) is 5.96. The molecule has 0 bridgehead atoms. The van der Waals surface area contributed by atoms with Crippen LogP contribution in [-0.4, -0.2) is 45.2 Å². The highest BCUT2D eigenvalue weighted by Gasteiger charge is 2.15. The molecule has 1 aromatic carbocycles. The fourth-order valence-electron chi connectivity index (χ4n) is 1.91. The third-order valence-corrected chi connectivity index (χ3v) is 3.32. The Bertz CT molecular complexity index is 362. The van der Waals surface area contributed by atoms with Crippen LogP contribution < -0.4 is 9.64 Å². The maximum absolute atomic E-state index is 6.01. The number of hydrogen-bond acceptors (Lipinski definition) is 3. The van der Waals surface area contributed by atoms with E-state index in [2.05, 4.69) is 22.9 Å². The molecule has 1 saturated heterocycles. The third-order valence-electron chi connectivity index (χ3n) is 3.00. The molecular weight excluding hydrogens is 224 g/mol. The van der Waals surface area contributed by atoms with Crippen LogP contribution in [0.1, 0.15) is 0 Å². The molecule has 4 heteroatoms. The van der Waals surface area contributed by atoms with E-state index in [9.17, 15) is 0 Å². The average Bonchev–Trinajstić information content (AvgIpc) is 2.31. The van der Waals surface area contributed by atoms with Crippen LogP contribution >= 0.6 is 11.6 Å². The van der Waals surface area contributed by atoms with Gasteiger partial charge in [0.15, 0.2) is 0 Å². The summed E-state index contributed by atoms with van der Waals surface area (Å²) < 4.78 is 5.23. The van der Waals surface area contributed by atoms with Gasteiger partial charge in [0.05, 0.1) is 12.1 Å². The van der Waals surface area contributed by atoms with Gasteiger partial charge in [0.2, 0.25) is 0 Å². The lowest BCUT2D eigenvalue weighted by Crippen LogP contribution is -2.44. The Morgan fingerprint density at radius 3 is 2.50 bits per heavy atom. The number of nitrogens with zero attached hydrogens (tertiary/aromatic N) is 2. The summed E-state index contributed by atoms with van der Waals surface area (Å²) >= 11 is 6.01. The van der Waals surface area contributed by atoms with Gasteiger partial charge in [-0.05, 0) is 19.2 Å². The lowest BCUT2D eigenvalue weighted by Gasteiger charge is -2.34. The molecule has 0 atom stereocenters. The molecule has 88 valence electrons. The van der Waals surface area contributed by atoms with Crippen LogP contribution in [0.4, 0.5) is 5.69 Å². The van der Waals surface area contributed by atoms with E-state index in [1.54, 1.807) is 7.11 Å². The second kappa shape index (κ2) is 4.93. The zero-order valence-corrected chi connectivity index (χ0v) is 10.5. The fourth-order valence-corrected chi connectivity index (χ4v) is 2.10. The van der Waals surface area contributed by atoms with Crippen molar-refractivity contribution < 1.29 is 4.74 Å². The summed E-state index contributed by atoms with van der Waals surface area (Å²) in [5, 5.41) is 0.667. The standard InChI is InChI=1S/C12H17ClN2O/c1-14-5-7-15(8-6-14)10-3-4-11(13)12(9-10)16-2/h3-4,9H,5-8H2,1-2H3. The molecule has 1 aliphatic rings. The number of rotatable bonds is 2. The first-order chi connectivity index (χ1) is 7.70. The van der Waals surface area contributed by atoms with Crippen molar-refractivity contribution >= 4 is 17.3 Å². The number of anilines is 1. The van der Waals surface area contributed by atoms with Crippen LogP contribution in [0, 0.1) is 0 Å². The van der Waals surface area contributed by atoms with Crippen LogP contribution in [0.25, 0.3) is 0 Å². The largest absolute Gasteiger partial charge is 0.495 e. The summed E-state index contributed by atoms with van der Waals surface area (Å²) in [6.07, 6.45) is 0. The highest BCUT2D eigenvalue weighted by molar-refractivity contribution is 6.32. The summed E-state index contributed by atoms with van der Waals surface area (Å²) in [5.41, 5.74) is 1.19. The van der Waals surface area contributed by atoms with Gasteiger partial charge in [-0.15, -0.1) is 0 Å². The van der Waals surface area contributed by atoms with Crippen LogP contribution in [0.2, 0.25) is 5.02 Å². The lowest BCUT2D eigenvalue weighted by atomic mass is 10.2. The van der Waals surface area contributed by atoms with E-state index in [4.69, 9.17) is 16.3 Å². The first kappa shape index (κ1) is 11.6. The summed E-state index contributed by atoms with van der Waals surface area (Å²) in [6.45, 7) is 4.32. The van der Waals surface area contributed by atoms with E-state index in [-0.39, 0.29) is 0 Å². The maximum Gasteiger partial charge on any atom is 0.139 e. The smallest absolute Gasteiger partial charge is 0.139 e. The minimum absolute atomic E-state index is 0.667. The van der Waals surface area contributed by atoms with Gasteiger partial charge >= 0.3 is 0 Å². The van der Waals surface area contributed by atoms with E-state index in [0.29, 0.717) is 5.02 Å². The first-order valence-corrected chi connectivity index (χ1v) is 5.85. The van der Waals surface area contributed by atoms with Crippen molar-refractivity contribution in [2.75, 3.05) is 45.2 Å². The van der Waals surface area contributed by atoms with Gasteiger partial charge < -0.3 is 14.5 Å². The molecule has 0 spiro atoms. The molecule has 0 saturated carbocycles. The molecular formula is C12H17ClN2O. The molecule has 1 aromatic rings. The molecule has 2 rings (SSSR count). The zero-order chi connectivity index (χ0) is 11.5. The van der Waals surface area contributed by atoms with E-state index < -0.39 is 0 Å². The van der Waals surface area contributed by atoms with Gasteiger partial charge in [0, 0.05) is 37.9 Å². The van der Waals surface area contributed by atoms with Crippen molar-refractivity contribution in [1.29, 1.82) is 0 Å². The monoisotopic (exact) mass is 240 g/mol. The quantitative estimate of drug-likeness (QED) is 0.788. The minimum Gasteiger partial charge on any atom is -0.495 e. The molecule has 0 aliphatic carbocycles. The Morgan fingerprint density at radius 2 is 1.88 bits per heavy atom. The molecule has 1 aliphatic heterocycles. The second-order valence-corrected chi connectivity index (χ2v) is 4.52. The summed E-state index contributed by atoms with van der Waals surface area (Å²) in [7, 11) is 3.80. The maximum atomic E-state index is 6.01. The average molecular weight is 241 g/mol. The highest BCUT2D eigenvalue weighted by Crippen LogP contribution is 2.29. The number of benzene rings is 1. The second-order valence-electron chi connectivity index (χ2n) is 4.11. The number of methoxy groups -OCH3 is 1. The van der Waals surface area contributed by atoms with Gasteiger partial charge in [-0.2, -0.15) is 0 Å². The van der Waals surface area contributed by atoms with Crippen molar-refractivity contribution in [2.24, 2.45) is 0 Å². The van der Waals surface area contributed by atoms with Crippen LogP contribution in [0.3, 0.4) is 0 Å². The normalized spacial score (nSPS) is 17.6. The number of halogens is 1. The van der Waals surface area contributed by atoms with E-state index in [0.717, 1.165) is 31.9 Å². The molecule has 0 aromatic heterocycles. The Balaban J connectivity index is 2.14. The van der Waals surface area contributed by atoms with Crippen LogP contribution in [-0.2, 0) is 0 Å². The van der Waals surface area contributed by atoms with Crippen LogP contribution in [0.15, 0.2) is 18.2 Å². The predicted molar refractivity (Wildman–Crippen MR) is 67.7 cm³/mol. The Hall–Kier alpha value is -0.930. The highest BCUT2D eigenvalue weighted by atomic mass is 35.5. The van der Waals surface area contributed by atoms with Gasteiger partial charge in [-0.25, -0.2) is 0 Å². The Morgan fingerprint density at radius 1 is 1.19 bits per heavy atom. The Labute approximate surface area is 102 Å². The first-order valence-electron chi connectivity index (χ1n) is 5.48. The van der Waals surface area contributed by atoms with Crippen molar-refractivity contribution in [3.63, 3.8) is 0 Å². The van der Waals surface area contributed by atoms with Crippen LogP contribution in [0.5, 0.6) is 5.75 Å². The van der Waals surface area contributed by atoms with Crippen molar-refractivity contribution in [2.45, 2.75) is 0 Å². The van der Waals surface area contributed by atoms with Crippen molar-refractivity contribution in [3.05, 3.63) is 23.2 Å². The van der Waals surface area contributed by atoms with Gasteiger partial charge in [0.25, 0.3) is 0 Å². The summed E-state index contributed by atoms with van der Waals surface area (Å²) in [5.74, 6) is 0.748. The van der Waals surface area contributed by atoms with Crippen molar-refractivity contribution in [3.8, 4) is 5.75 Å². The molecule has 16 heavy (non-hydrogen) atoms. The lowest BCUT2D eigenvalue weighted by molar-refractivity contribution is 0.312. The number of hydrogen-bond donors (Lipinski definition) is 0. The molecule has 3 nitrogen and oxygen atoms in total.